The highest BCUT2D eigenvalue weighted by atomic mass is 79.9. The molecule has 1 aromatic rings. The third-order valence-corrected chi connectivity index (χ3v) is 2.18. The summed E-state index contributed by atoms with van der Waals surface area (Å²) in [5.74, 6) is 0.148. The quantitative estimate of drug-likeness (QED) is 0.908. The van der Waals surface area contributed by atoms with E-state index in [2.05, 4.69) is 15.9 Å². The van der Waals surface area contributed by atoms with Gasteiger partial charge in [-0.2, -0.15) is 0 Å². The van der Waals surface area contributed by atoms with Gasteiger partial charge in [-0.1, -0.05) is 15.9 Å². The number of benzene rings is 1. The van der Waals surface area contributed by atoms with Crippen LogP contribution in [-0.4, -0.2) is 12.1 Å². The van der Waals surface area contributed by atoms with Crippen LogP contribution in [0.2, 0.25) is 0 Å². The average Bonchev–Trinajstić information content (AvgIpc) is 2.01. The Bertz CT molecular complexity index is 308. The van der Waals surface area contributed by atoms with Crippen molar-refractivity contribution in [3.63, 3.8) is 0 Å². The summed E-state index contributed by atoms with van der Waals surface area (Å²) in [5, 5.41) is 0. The zero-order valence-electron chi connectivity index (χ0n) is 8.18. The number of nitrogens with two attached hydrogens (primary N) is 1. The molecule has 2 nitrogen and oxygen atoms in total. The van der Waals surface area contributed by atoms with Gasteiger partial charge in [0, 0.05) is 17.1 Å². The summed E-state index contributed by atoms with van der Waals surface area (Å²) in [6.07, 6.45) is 0. The topological polar surface area (TPSA) is 35.2 Å². The Labute approximate surface area is 91.4 Å². The largest absolute Gasteiger partial charge is 0.486 e. The van der Waals surface area contributed by atoms with Crippen molar-refractivity contribution in [1.82, 2.24) is 0 Å². The van der Waals surface area contributed by atoms with Crippen LogP contribution in [-0.2, 0) is 0 Å². The highest BCUT2D eigenvalue weighted by molar-refractivity contribution is 9.10. The maximum atomic E-state index is 13.0. The van der Waals surface area contributed by atoms with Gasteiger partial charge in [-0.15, -0.1) is 0 Å². The monoisotopic (exact) mass is 261 g/mol. The second-order valence-corrected chi connectivity index (χ2v) is 4.59. The predicted octanol–water partition coefficient (Wildman–Crippen LogP) is 2.70. The smallest absolute Gasteiger partial charge is 0.128 e. The van der Waals surface area contributed by atoms with E-state index in [-0.39, 0.29) is 5.82 Å². The lowest BCUT2D eigenvalue weighted by Crippen LogP contribution is -2.37. The minimum atomic E-state index is -0.479. The van der Waals surface area contributed by atoms with Crippen molar-refractivity contribution in [2.45, 2.75) is 19.4 Å². The maximum Gasteiger partial charge on any atom is 0.128 e. The Balaban J connectivity index is 2.87. The average molecular weight is 262 g/mol. The first-order chi connectivity index (χ1) is 6.43. The molecule has 2 N–H and O–H groups in total. The third-order valence-electron chi connectivity index (χ3n) is 1.72. The van der Waals surface area contributed by atoms with Gasteiger partial charge in [-0.05, 0) is 26.0 Å². The molecule has 0 saturated carbocycles. The van der Waals surface area contributed by atoms with Crippen molar-refractivity contribution in [2.24, 2.45) is 5.73 Å². The summed E-state index contributed by atoms with van der Waals surface area (Å²) in [5.41, 5.74) is 5.02. The van der Waals surface area contributed by atoms with Crippen LogP contribution in [0.5, 0.6) is 5.75 Å². The van der Waals surface area contributed by atoms with Crippen LogP contribution in [0.1, 0.15) is 13.8 Å². The van der Waals surface area contributed by atoms with Crippen molar-refractivity contribution in [1.29, 1.82) is 0 Å². The van der Waals surface area contributed by atoms with E-state index in [0.717, 1.165) is 0 Å². The van der Waals surface area contributed by atoms with Crippen LogP contribution in [0.4, 0.5) is 4.39 Å². The molecule has 0 bridgehead atoms. The molecule has 0 aliphatic heterocycles. The van der Waals surface area contributed by atoms with Crippen LogP contribution in [0.25, 0.3) is 0 Å². The Kier molecular flexibility index (Phi) is 3.50. The highest BCUT2D eigenvalue weighted by Gasteiger charge is 2.17. The van der Waals surface area contributed by atoms with Crippen molar-refractivity contribution in [2.75, 3.05) is 6.54 Å². The van der Waals surface area contributed by atoms with E-state index < -0.39 is 5.60 Å². The fourth-order valence-electron chi connectivity index (χ4n) is 0.948. The molecule has 1 rings (SSSR count). The molecule has 14 heavy (non-hydrogen) atoms. The van der Waals surface area contributed by atoms with E-state index in [9.17, 15) is 4.39 Å². The van der Waals surface area contributed by atoms with Gasteiger partial charge in [0.2, 0.25) is 0 Å². The van der Waals surface area contributed by atoms with Crippen LogP contribution in [0.3, 0.4) is 0 Å². The van der Waals surface area contributed by atoms with Crippen LogP contribution < -0.4 is 10.5 Å². The maximum absolute atomic E-state index is 13.0. The van der Waals surface area contributed by atoms with Gasteiger partial charge in [0.15, 0.2) is 0 Å². The third kappa shape index (κ3) is 3.27. The number of rotatable bonds is 3. The predicted molar refractivity (Wildman–Crippen MR) is 57.9 cm³/mol. The standard InChI is InChI=1S/C10H13BrFNO/c1-10(2,6-13)14-9-4-7(11)3-8(12)5-9/h3-5H,6,13H2,1-2H3. The molecular weight excluding hydrogens is 249 g/mol. The normalized spacial score (nSPS) is 11.5. The van der Waals surface area contributed by atoms with Crippen molar-refractivity contribution in [3.8, 4) is 5.75 Å². The zero-order chi connectivity index (χ0) is 10.8. The first kappa shape index (κ1) is 11.5. The molecule has 0 aromatic heterocycles. The molecular formula is C10H13BrFNO. The summed E-state index contributed by atoms with van der Waals surface area (Å²) >= 11 is 3.19. The summed E-state index contributed by atoms with van der Waals surface area (Å²) in [4.78, 5) is 0. The fourth-order valence-corrected chi connectivity index (χ4v) is 1.39. The summed E-state index contributed by atoms with van der Waals surface area (Å²) in [6, 6.07) is 4.42. The number of ether oxygens (including phenoxy) is 1. The van der Waals surface area contributed by atoms with Crippen molar-refractivity contribution in [3.05, 3.63) is 28.5 Å². The fraction of sp³-hybridized carbons (Fsp3) is 0.400. The van der Waals surface area contributed by atoms with Gasteiger partial charge in [0.25, 0.3) is 0 Å². The highest BCUT2D eigenvalue weighted by Crippen LogP contribution is 2.23. The number of hydrogen-bond acceptors (Lipinski definition) is 2. The molecule has 0 saturated heterocycles. The van der Waals surface area contributed by atoms with Crippen LogP contribution >= 0.6 is 15.9 Å². The molecule has 0 spiro atoms. The van der Waals surface area contributed by atoms with E-state index in [1.165, 1.54) is 12.1 Å². The summed E-state index contributed by atoms with van der Waals surface area (Å²) in [6.45, 7) is 4.08. The minimum Gasteiger partial charge on any atom is -0.486 e. The van der Waals surface area contributed by atoms with Crippen LogP contribution in [0, 0.1) is 5.82 Å². The Morgan fingerprint density at radius 2 is 2.07 bits per heavy atom. The molecule has 0 amide bonds. The lowest BCUT2D eigenvalue weighted by molar-refractivity contribution is 0.118. The molecule has 1 aromatic carbocycles. The Morgan fingerprint density at radius 3 is 2.57 bits per heavy atom. The number of hydrogen-bond donors (Lipinski definition) is 1. The van der Waals surface area contributed by atoms with E-state index in [1.54, 1.807) is 6.07 Å². The first-order valence-corrected chi connectivity index (χ1v) is 5.07. The van der Waals surface area contributed by atoms with Crippen LogP contribution in [0.15, 0.2) is 22.7 Å². The van der Waals surface area contributed by atoms with Crippen molar-refractivity contribution >= 4 is 15.9 Å². The molecule has 4 heteroatoms. The number of halogens is 2. The van der Waals surface area contributed by atoms with E-state index in [4.69, 9.17) is 10.5 Å². The van der Waals surface area contributed by atoms with E-state index in [0.29, 0.717) is 16.8 Å². The lowest BCUT2D eigenvalue weighted by Gasteiger charge is -2.24. The first-order valence-electron chi connectivity index (χ1n) is 4.28. The van der Waals surface area contributed by atoms with E-state index >= 15 is 0 Å². The lowest BCUT2D eigenvalue weighted by atomic mass is 10.1. The second-order valence-electron chi connectivity index (χ2n) is 3.67. The molecule has 0 heterocycles. The van der Waals surface area contributed by atoms with Gasteiger partial charge in [-0.3, -0.25) is 0 Å². The van der Waals surface area contributed by atoms with Gasteiger partial charge in [-0.25, -0.2) is 4.39 Å². The molecule has 0 aliphatic rings. The molecule has 0 atom stereocenters. The molecule has 0 radical (unpaired) electrons. The molecule has 78 valence electrons. The summed E-state index contributed by atoms with van der Waals surface area (Å²) in [7, 11) is 0. The Hall–Kier alpha value is -0.610. The van der Waals surface area contributed by atoms with Gasteiger partial charge < -0.3 is 10.5 Å². The SMILES string of the molecule is CC(C)(CN)Oc1cc(F)cc(Br)c1. The van der Waals surface area contributed by atoms with Gasteiger partial charge in [0.05, 0.1) is 0 Å². The van der Waals surface area contributed by atoms with Gasteiger partial charge >= 0.3 is 0 Å². The van der Waals surface area contributed by atoms with Crippen molar-refractivity contribution < 1.29 is 9.13 Å². The minimum absolute atomic E-state index is 0.331. The molecule has 0 fully saturated rings. The summed E-state index contributed by atoms with van der Waals surface area (Å²) < 4.78 is 19.1. The zero-order valence-corrected chi connectivity index (χ0v) is 9.77. The Morgan fingerprint density at radius 1 is 1.43 bits per heavy atom. The van der Waals surface area contributed by atoms with E-state index in [1.807, 2.05) is 13.8 Å². The molecule has 0 aliphatic carbocycles. The van der Waals surface area contributed by atoms with Gasteiger partial charge in [0.1, 0.15) is 17.2 Å². The second kappa shape index (κ2) is 4.28. The molecule has 0 unspecified atom stereocenters.